The molecule has 0 N–H and O–H groups in total. The zero-order chi connectivity index (χ0) is 8.43. The van der Waals surface area contributed by atoms with Crippen LogP contribution in [0.3, 0.4) is 0 Å². The van der Waals surface area contributed by atoms with Crippen LogP contribution >= 0.6 is 0 Å². The topological polar surface area (TPSA) is 52.0 Å². The average molecular weight is 172 g/mol. The molecule has 0 saturated carbocycles. The van der Waals surface area contributed by atoms with Crippen molar-refractivity contribution in [2.24, 2.45) is 7.05 Å². The van der Waals surface area contributed by atoms with Gasteiger partial charge in [0.25, 0.3) is 0 Å². The lowest BCUT2D eigenvalue weighted by Gasteiger charge is -1.93. The minimum atomic E-state index is -1.08. The number of rotatable bonds is 2. The molecule has 1 aromatic heterocycles. The van der Waals surface area contributed by atoms with Crippen LogP contribution in [0.1, 0.15) is 10.5 Å². The fourth-order valence-corrected chi connectivity index (χ4v) is 1.50. The Hall–Kier alpha value is -0.970. The molecule has 0 amide bonds. The summed E-state index contributed by atoms with van der Waals surface area (Å²) in [7, 11) is 0.577. The van der Waals surface area contributed by atoms with Crippen LogP contribution in [0, 0.1) is 0 Å². The summed E-state index contributed by atoms with van der Waals surface area (Å²) < 4.78 is 12.4. The Balaban J connectivity index is 3.16. The number of carbonyl (C=O) groups excluding carboxylic acids is 1. The number of aryl methyl sites for hydroxylation is 1. The second-order valence-electron chi connectivity index (χ2n) is 2.10. The van der Waals surface area contributed by atoms with Crippen LogP contribution in [0.2, 0.25) is 0 Å². The maximum atomic E-state index is 10.9. The minimum Gasteiger partial charge on any atom is -0.296 e. The standard InChI is InChI=1S/C6H8N2O2S/c1-8-6(11(2)10)3-5(4-9)7-8/h3-4H,1-2H3. The van der Waals surface area contributed by atoms with E-state index in [4.69, 9.17) is 0 Å². The van der Waals surface area contributed by atoms with E-state index in [9.17, 15) is 9.00 Å². The van der Waals surface area contributed by atoms with E-state index in [1.165, 1.54) is 10.7 Å². The van der Waals surface area contributed by atoms with E-state index >= 15 is 0 Å². The van der Waals surface area contributed by atoms with Crippen LogP contribution < -0.4 is 0 Å². The van der Waals surface area contributed by atoms with E-state index in [1.54, 1.807) is 13.3 Å². The van der Waals surface area contributed by atoms with E-state index in [2.05, 4.69) is 5.10 Å². The quantitative estimate of drug-likeness (QED) is 0.589. The molecule has 0 aliphatic rings. The smallest absolute Gasteiger partial charge is 0.170 e. The Morgan fingerprint density at radius 3 is 2.64 bits per heavy atom. The Kier molecular flexibility index (Phi) is 2.19. The summed E-state index contributed by atoms with van der Waals surface area (Å²) in [6, 6.07) is 1.52. The SMILES string of the molecule is Cn1nc(C=O)cc1S(C)=O. The molecule has 0 aliphatic carbocycles. The van der Waals surface area contributed by atoms with E-state index in [1.807, 2.05) is 0 Å². The number of hydrogen-bond donors (Lipinski definition) is 0. The van der Waals surface area contributed by atoms with E-state index in [0.717, 1.165) is 0 Å². The predicted molar refractivity (Wildman–Crippen MR) is 40.9 cm³/mol. The van der Waals surface area contributed by atoms with Gasteiger partial charge in [-0.2, -0.15) is 5.10 Å². The maximum absolute atomic E-state index is 10.9. The number of carbonyl (C=O) groups is 1. The Morgan fingerprint density at radius 1 is 1.73 bits per heavy atom. The van der Waals surface area contributed by atoms with Gasteiger partial charge in [-0.1, -0.05) is 0 Å². The molecular weight excluding hydrogens is 164 g/mol. The highest BCUT2D eigenvalue weighted by Crippen LogP contribution is 2.04. The molecule has 1 unspecified atom stereocenters. The third kappa shape index (κ3) is 1.54. The number of hydrogen-bond acceptors (Lipinski definition) is 3. The molecule has 0 bridgehead atoms. The third-order valence-electron chi connectivity index (χ3n) is 1.27. The number of aldehydes is 1. The van der Waals surface area contributed by atoms with Crippen LogP contribution in [-0.2, 0) is 17.8 Å². The van der Waals surface area contributed by atoms with Gasteiger partial charge in [0.15, 0.2) is 6.29 Å². The average Bonchev–Trinajstić information content (AvgIpc) is 2.30. The van der Waals surface area contributed by atoms with Crippen molar-refractivity contribution < 1.29 is 9.00 Å². The molecule has 1 aromatic rings. The van der Waals surface area contributed by atoms with Gasteiger partial charge in [0.2, 0.25) is 0 Å². The summed E-state index contributed by atoms with van der Waals surface area (Å²) in [6.45, 7) is 0. The Morgan fingerprint density at radius 2 is 2.36 bits per heavy atom. The first kappa shape index (κ1) is 8.13. The van der Waals surface area contributed by atoms with Crippen LogP contribution in [0.4, 0.5) is 0 Å². The van der Waals surface area contributed by atoms with Gasteiger partial charge in [0.1, 0.15) is 10.7 Å². The van der Waals surface area contributed by atoms with Gasteiger partial charge < -0.3 is 0 Å². The van der Waals surface area contributed by atoms with Crippen molar-refractivity contribution in [2.45, 2.75) is 5.03 Å². The molecular formula is C6H8N2O2S. The molecule has 0 saturated heterocycles. The zero-order valence-electron chi connectivity index (χ0n) is 6.27. The van der Waals surface area contributed by atoms with Gasteiger partial charge in [0.05, 0.1) is 10.8 Å². The number of nitrogens with zero attached hydrogens (tertiary/aromatic N) is 2. The first-order chi connectivity index (χ1) is 5.15. The largest absolute Gasteiger partial charge is 0.296 e. The highest BCUT2D eigenvalue weighted by Gasteiger charge is 2.06. The fourth-order valence-electron chi connectivity index (χ4n) is 0.798. The van der Waals surface area contributed by atoms with Crippen molar-refractivity contribution in [3.8, 4) is 0 Å². The molecule has 0 spiro atoms. The summed E-state index contributed by atoms with van der Waals surface area (Å²) in [5.74, 6) is 0. The van der Waals surface area contributed by atoms with E-state index in [-0.39, 0.29) is 0 Å². The third-order valence-corrected chi connectivity index (χ3v) is 2.24. The van der Waals surface area contributed by atoms with Gasteiger partial charge >= 0.3 is 0 Å². The fraction of sp³-hybridized carbons (Fsp3) is 0.333. The predicted octanol–water partition coefficient (Wildman–Crippen LogP) is -0.0300. The molecule has 1 rings (SSSR count). The van der Waals surface area contributed by atoms with Crippen molar-refractivity contribution >= 4 is 17.1 Å². The Bertz CT molecular complexity index is 306. The van der Waals surface area contributed by atoms with Crippen LogP contribution in [-0.4, -0.2) is 26.5 Å². The molecule has 11 heavy (non-hydrogen) atoms. The lowest BCUT2D eigenvalue weighted by molar-refractivity contribution is 0.111. The van der Waals surface area contributed by atoms with Crippen LogP contribution in [0.5, 0.6) is 0 Å². The second kappa shape index (κ2) is 2.96. The monoisotopic (exact) mass is 172 g/mol. The first-order valence-electron chi connectivity index (χ1n) is 2.98. The summed E-state index contributed by atoms with van der Waals surface area (Å²) in [4.78, 5) is 10.2. The van der Waals surface area contributed by atoms with Crippen molar-refractivity contribution in [2.75, 3.05) is 6.26 Å². The van der Waals surface area contributed by atoms with Gasteiger partial charge in [-0.25, -0.2) is 0 Å². The van der Waals surface area contributed by atoms with Gasteiger partial charge in [-0.15, -0.1) is 0 Å². The van der Waals surface area contributed by atoms with Crippen molar-refractivity contribution in [1.29, 1.82) is 0 Å². The first-order valence-corrected chi connectivity index (χ1v) is 4.53. The Labute approximate surface area is 66.7 Å². The van der Waals surface area contributed by atoms with Crippen molar-refractivity contribution in [3.05, 3.63) is 11.8 Å². The van der Waals surface area contributed by atoms with Gasteiger partial charge in [-0.3, -0.25) is 13.7 Å². The molecule has 1 atom stereocenters. The molecule has 1 heterocycles. The summed E-state index contributed by atoms with van der Waals surface area (Å²) in [5.41, 5.74) is 0.317. The summed E-state index contributed by atoms with van der Waals surface area (Å²) in [5, 5.41) is 4.37. The van der Waals surface area contributed by atoms with Crippen molar-refractivity contribution in [1.82, 2.24) is 9.78 Å². The molecule has 4 nitrogen and oxygen atoms in total. The van der Waals surface area contributed by atoms with Crippen LogP contribution in [0.15, 0.2) is 11.1 Å². The lowest BCUT2D eigenvalue weighted by atomic mass is 10.5. The molecule has 5 heteroatoms. The second-order valence-corrected chi connectivity index (χ2v) is 3.43. The molecule has 0 aliphatic heterocycles. The van der Waals surface area contributed by atoms with Gasteiger partial charge in [0, 0.05) is 19.4 Å². The van der Waals surface area contributed by atoms with E-state index < -0.39 is 10.8 Å². The van der Waals surface area contributed by atoms with Gasteiger partial charge in [-0.05, 0) is 0 Å². The highest BCUT2D eigenvalue weighted by atomic mass is 32.2. The number of aromatic nitrogens is 2. The lowest BCUT2D eigenvalue weighted by Crippen LogP contribution is -1.98. The van der Waals surface area contributed by atoms with Crippen LogP contribution in [0.25, 0.3) is 0 Å². The van der Waals surface area contributed by atoms with E-state index in [0.29, 0.717) is 17.0 Å². The zero-order valence-corrected chi connectivity index (χ0v) is 7.09. The summed E-state index contributed by atoms with van der Waals surface area (Å²) in [6.07, 6.45) is 2.18. The normalized spacial score (nSPS) is 12.9. The highest BCUT2D eigenvalue weighted by molar-refractivity contribution is 7.84. The molecule has 0 radical (unpaired) electrons. The molecule has 60 valence electrons. The molecule has 0 fully saturated rings. The minimum absolute atomic E-state index is 0.317. The molecule has 0 aromatic carbocycles. The van der Waals surface area contributed by atoms with Crippen molar-refractivity contribution in [3.63, 3.8) is 0 Å². The summed E-state index contributed by atoms with van der Waals surface area (Å²) >= 11 is 0. The maximum Gasteiger partial charge on any atom is 0.170 e.